The maximum absolute atomic E-state index is 6.37. The van der Waals surface area contributed by atoms with E-state index in [-0.39, 0.29) is 0 Å². The zero-order valence-electron chi connectivity index (χ0n) is 26.6. The summed E-state index contributed by atoms with van der Waals surface area (Å²) in [6, 6.07) is 60.5. The van der Waals surface area contributed by atoms with Crippen LogP contribution in [-0.2, 0) is 0 Å². The van der Waals surface area contributed by atoms with Crippen LogP contribution in [0.1, 0.15) is 0 Å². The summed E-state index contributed by atoms with van der Waals surface area (Å²) >= 11 is 0. The fourth-order valence-corrected chi connectivity index (χ4v) is 7.80. The molecule has 0 aliphatic heterocycles. The standard InChI is InChI=1S/C47H29NO/c1-2-14-30(15-3-1)32-16-4-6-18-34(32)46-38-22-10-8-20-36(38)45(37-21-9-11-23-39(37)46)31-26-27-42(48-29-31)41-28-44-47(35-19-7-5-17-33(35)41)40-24-12-13-25-43(40)49-44/h1-29H. The monoisotopic (exact) mass is 623 g/mol. The van der Waals surface area contributed by atoms with Crippen molar-refractivity contribution in [3.05, 3.63) is 176 Å². The van der Waals surface area contributed by atoms with Gasteiger partial charge in [0.2, 0.25) is 0 Å². The number of hydrogen-bond acceptors (Lipinski definition) is 2. The SMILES string of the molecule is c1ccc(-c2ccccc2-c2c3ccccc3c(-c3ccc(-c4cc5oc6ccccc6c5c5ccccc45)nc3)c3ccccc23)cc1. The minimum absolute atomic E-state index is 0.879. The summed E-state index contributed by atoms with van der Waals surface area (Å²) < 4.78 is 6.37. The van der Waals surface area contributed by atoms with E-state index in [1.54, 1.807) is 0 Å². The smallest absolute Gasteiger partial charge is 0.136 e. The Morgan fingerprint density at radius 2 is 0.898 bits per heavy atom. The maximum Gasteiger partial charge on any atom is 0.136 e. The van der Waals surface area contributed by atoms with E-state index in [4.69, 9.17) is 9.40 Å². The minimum Gasteiger partial charge on any atom is -0.456 e. The molecule has 2 aromatic heterocycles. The first kappa shape index (κ1) is 27.6. The molecule has 0 atom stereocenters. The normalized spacial score (nSPS) is 11.7. The van der Waals surface area contributed by atoms with Gasteiger partial charge < -0.3 is 4.42 Å². The predicted molar refractivity (Wildman–Crippen MR) is 206 cm³/mol. The Balaban J connectivity index is 1.18. The minimum atomic E-state index is 0.879. The van der Waals surface area contributed by atoms with E-state index in [1.807, 2.05) is 18.3 Å². The molecule has 10 aromatic rings. The number of pyridine rings is 1. The molecule has 0 bridgehead atoms. The topological polar surface area (TPSA) is 26.0 Å². The van der Waals surface area contributed by atoms with Gasteiger partial charge in [0.1, 0.15) is 11.2 Å². The van der Waals surface area contributed by atoms with E-state index in [2.05, 4.69) is 158 Å². The number of fused-ring (bicyclic) bond motifs is 7. The largest absolute Gasteiger partial charge is 0.456 e. The molecule has 2 heterocycles. The van der Waals surface area contributed by atoms with Crippen molar-refractivity contribution in [1.82, 2.24) is 4.98 Å². The highest BCUT2D eigenvalue weighted by Gasteiger charge is 2.20. The van der Waals surface area contributed by atoms with Crippen molar-refractivity contribution in [3.63, 3.8) is 0 Å². The van der Waals surface area contributed by atoms with Gasteiger partial charge in [0, 0.05) is 28.1 Å². The lowest BCUT2D eigenvalue weighted by atomic mass is 9.84. The van der Waals surface area contributed by atoms with Crippen LogP contribution >= 0.6 is 0 Å². The van der Waals surface area contributed by atoms with E-state index in [9.17, 15) is 0 Å². The highest BCUT2D eigenvalue weighted by atomic mass is 16.3. The third-order valence-electron chi connectivity index (χ3n) is 9.93. The van der Waals surface area contributed by atoms with Gasteiger partial charge in [-0.15, -0.1) is 0 Å². The third-order valence-corrected chi connectivity index (χ3v) is 9.93. The first-order valence-electron chi connectivity index (χ1n) is 16.7. The zero-order valence-corrected chi connectivity index (χ0v) is 26.6. The van der Waals surface area contributed by atoms with E-state index in [0.29, 0.717) is 0 Å². The summed E-state index contributed by atoms with van der Waals surface area (Å²) in [6.45, 7) is 0. The van der Waals surface area contributed by atoms with Gasteiger partial charge in [-0.2, -0.15) is 0 Å². The van der Waals surface area contributed by atoms with Gasteiger partial charge >= 0.3 is 0 Å². The molecule has 0 fully saturated rings. The van der Waals surface area contributed by atoms with E-state index in [0.717, 1.165) is 38.8 Å². The Kier molecular flexibility index (Phi) is 6.22. The Bertz CT molecular complexity index is 2810. The molecule has 228 valence electrons. The average molecular weight is 624 g/mol. The van der Waals surface area contributed by atoms with Crippen molar-refractivity contribution in [2.45, 2.75) is 0 Å². The van der Waals surface area contributed by atoms with E-state index < -0.39 is 0 Å². The quantitative estimate of drug-likeness (QED) is 0.182. The molecule has 0 radical (unpaired) electrons. The van der Waals surface area contributed by atoms with Crippen molar-refractivity contribution in [3.8, 4) is 44.6 Å². The van der Waals surface area contributed by atoms with Crippen LogP contribution in [0.15, 0.2) is 180 Å². The molecular weight excluding hydrogens is 595 g/mol. The molecule has 0 aliphatic carbocycles. The Labute approximate surface area is 283 Å². The van der Waals surface area contributed by atoms with Crippen LogP contribution in [0.25, 0.3) is 98.9 Å². The summed E-state index contributed by atoms with van der Waals surface area (Å²) in [7, 11) is 0. The second-order valence-corrected chi connectivity index (χ2v) is 12.6. The molecule has 0 N–H and O–H groups in total. The number of hydrogen-bond donors (Lipinski definition) is 0. The molecule has 0 saturated heterocycles. The molecule has 2 heteroatoms. The molecule has 10 rings (SSSR count). The predicted octanol–water partition coefficient (Wildman–Crippen LogP) is 13.1. The molecule has 0 spiro atoms. The Morgan fingerprint density at radius 3 is 1.57 bits per heavy atom. The van der Waals surface area contributed by atoms with Crippen LogP contribution in [0.2, 0.25) is 0 Å². The van der Waals surface area contributed by atoms with Crippen molar-refractivity contribution < 1.29 is 4.42 Å². The van der Waals surface area contributed by atoms with Crippen LogP contribution in [0.3, 0.4) is 0 Å². The lowest BCUT2D eigenvalue weighted by Gasteiger charge is -2.19. The van der Waals surface area contributed by atoms with Crippen molar-refractivity contribution in [2.75, 3.05) is 0 Å². The summed E-state index contributed by atoms with van der Waals surface area (Å²) in [5.74, 6) is 0. The number of benzene rings is 8. The fraction of sp³-hybridized carbons (Fsp3) is 0. The zero-order chi connectivity index (χ0) is 32.3. The lowest BCUT2D eigenvalue weighted by Crippen LogP contribution is -1.93. The van der Waals surface area contributed by atoms with E-state index in [1.165, 1.54) is 60.1 Å². The summed E-state index contributed by atoms with van der Waals surface area (Å²) in [4.78, 5) is 5.14. The molecule has 49 heavy (non-hydrogen) atoms. The van der Waals surface area contributed by atoms with Crippen LogP contribution in [0.5, 0.6) is 0 Å². The van der Waals surface area contributed by atoms with Gasteiger partial charge in [-0.25, -0.2) is 0 Å². The molecule has 2 nitrogen and oxygen atoms in total. The number of aromatic nitrogens is 1. The van der Waals surface area contributed by atoms with Gasteiger partial charge in [0.05, 0.1) is 5.69 Å². The number of nitrogens with zero attached hydrogens (tertiary/aromatic N) is 1. The van der Waals surface area contributed by atoms with Gasteiger partial charge in [0.25, 0.3) is 0 Å². The molecule has 8 aromatic carbocycles. The van der Waals surface area contributed by atoms with Gasteiger partial charge in [-0.3, -0.25) is 4.98 Å². The molecular formula is C47H29NO. The van der Waals surface area contributed by atoms with Crippen molar-refractivity contribution >= 4 is 54.3 Å². The second-order valence-electron chi connectivity index (χ2n) is 12.6. The Morgan fingerprint density at radius 1 is 0.347 bits per heavy atom. The Hall–Kier alpha value is -6.51. The third kappa shape index (κ3) is 4.31. The highest BCUT2D eigenvalue weighted by Crippen LogP contribution is 2.46. The maximum atomic E-state index is 6.37. The van der Waals surface area contributed by atoms with Gasteiger partial charge in [0.15, 0.2) is 0 Å². The average Bonchev–Trinajstić information content (AvgIpc) is 3.56. The molecule has 0 saturated carbocycles. The van der Waals surface area contributed by atoms with E-state index >= 15 is 0 Å². The van der Waals surface area contributed by atoms with Crippen molar-refractivity contribution in [2.24, 2.45) is 0 Å². The van der Waals surface area contributed by atoms with Crippen LogP contribution < -0.4 is 0 Å². The van der Waals surface area contributed by atoms with Gasteiger partial charge in [-0.05, 0) is 78.3 Å². The highest BCUT2D eigenvalue weighted by molar-refractivity contribution is 6.23. The second kappa shape index (κ2) is 11.0. The molecule has 0 amide bonds. The number of furan rings is 1. The van der Waals surface area contributed by atoms with Crippen LogP contribution in [0.4, 0.5) is 0 Å². The summed E-state index contributed by atoms with van der Waals surface area (Å²) in [5, 5.41) is 9.50. The number of para-hydroxylation sites is 1. The summed E-state index contributed by atoms with van der Waals surface area (Å²) in [6.07, 6.45) is 2.04. The van der Waals surface area contributed by atoms with Crippen molar-refractivity contribution in [1.29, 1.82) is 0 Å². The first-order valence-corrected chi connectivity index (χ1v) is 16.7. The molecule has 0 unspecified atom stereocenters. The number of rotatable bonds is 4. The fourth-order valence-electron chi connectivity index (χ4n) is 7.80. The van der Waals surface area contributed by atoms with Crippen LogP contribution in [-0.4, -0.2) is 4.98 Å². The molecule has 0 aliphatic rings. The summed E-state index contributed by atoms with van der Waals surface area (Å²) in [5.41, 5.74) is 11.0. The van der Waals surface area contributed by atoms with Crippen LogP contribution in [0, 0.1) is 0 Å². The first-order chi connectivity index (χ1) is 24.3. The van der Waals surface area contributed by atoms with Gasteiger partial charge in [-0.1, -0.05) is 152 Å². The lowest BCUT2D eigenvalue weighted by molar-refractivity contribution is 0.669.